The van der Waals surface area contributed by atoms with Crippen molar-refractivity contribution < 1.29 is 13.2 Å². The third-order valence-electron chi connectivity index (χ3n) is 8.98. The van der Waals surface area contributed by atoms with Crippen molar-refractivity contribution in [2.75, 3.05) is 24.7 Å². The zero-order chi connectivity index (χ0) is 29.6. The second kappa shape index (κ2) is 11.3. The molecule has 0 bridgehead atoms. The summed E-state index contributed by atoms with van der Waals surface area (Å²) < 4.78 is 28.4. The highest BCUT2D eigenvalue weighted by Gasteiger charge is 2.50. The molecule has 1 aromatic carbocycles. The summed E-state index contributed by atoms with van der Waals surface area (Å²) in [5.41, 5.74) is 0.124. The minimum atomic E-state index is -3.60. The van der Waals surface area contributed by atoms with E-state index in [4.69, 9.17) is 0 Å². The molecule has 3 aromatic rings. The average molecular weight is 598 g/mol. The molecule has 1 amide bonds. The van der Waals surface area contributed by atoms with Gasteiger partial charge in [-0.3, -0.25) is 4.79 Å². The number of likely N-dealkylation sites (tertiary alicyclic amines) is 1. The van der Waals surface area contributed by atoms with Crippen molar-refractivity contribution in [1.29, 1.82) is 0 Å². The first-order chi connectivity index (χ1) is 19.3. The van der Waals surface area contributed by atoms with Crippen LogP contribution in [-0.4, -0.2) is 77.1 Å². The molecule has 1 saturated heterocycles. The van der Waals surface area contributed by atoms with Gasteiger partial charge in [0.15, 0.2) is 9.84 Å². The topological polar surface area (TPSA) is 95.5 Å². The summed E-state index contributed by atoms with van der Waals surface area (Å²) in [6, 6.07) is 11.1. The molecule has 2 aliphatic rings. The lowest BCUT2D eigenvalue weighted by Crippen LogP contribution is -2.58. The summed E-state index contributed by atoms with van der Waals surface area (Å²) in [6.45, 7) is 11.4. The van der Waals surface area contributed by atoms with Crippen LogP contribution in [0.25, 0.3) is 10.2 Å². The van der Waals surface area contributed by atoms with Crippen LogP contribution in [0.2, 0.25) is 0 Å². The highest BCUT2D eigenvalue weighted by Crippen LogP contribution is 2.41. The number of carbonyl (C=O) groups excluding carboxylic acids is 1. The Bertz CT molecular complexity index is 1490. The van der Waals surface area contributed by atoms with E-state index in [0.717, 1.165) is 23.1 Å². The lowest BCUT2D eigenvalue weighted by Gasteiger charge is -2.48. The predicted octanol–water partition coefficient (Wildman–Crippen LogP) is 5.50. The van der Waals surface area contributed by atoms with Gasteiger partial charge in [-0.2, -0.15) is 0 Å². The van der Waals surface area contributed by atoms with E-state index >= 15 is 0 Å². The molecule has 2 aromatic heterocycles. The SMILES string of the molecule is CC(C)N(C)C1CCC(CS(=O)(=O)c2ccccc2)(N2CC[C@H](Nc3ncnc4cc(C(C)(C)C)sc34)C2=O)CC1. The maximum absolute atomic E-state index is 14.1. The van der Waals surface area contributed by atoms with Crippen LogP contribution in [0.5, 0.6) is 0 Å². The molecule has 1 N–H and O–H groups in total. The van der Waals surface area contributed by atoms with Gasteiger partial charge >= 0.3 is 0 Å². The number of nitrogens with one attached hydrogen (secondary N) is 1. The molecule has 0 unspecified atom stereocenters. The molecule has 1 atom stereocenters. The highest BCUT2D eigenvalue weighted by atomic mass is 32.2. The largest absolute Gasteiger partial charge is 0.357 e. The summed E-state index contributed by atoms with van der Waals surface area (Å²) in [6.07, 6.45) is 5.19. The Morgan fingerprint density at radius 3 is 2.44 bits per heavy atom. The molecule has 2 fully saturated rings. The van der Waals surface area contributed by atoms with E-state index in [1.54, 1.807) is 41.9 Å². The normalized spacial score (nSPS) is 24.1. The van der Waals surface area contributed by atoms with Crippen LogP contribution in [0.15, 0.2) is 47.6 Å². The smallest absolute Gasteiger partial charge is 0.245 e. The first-order valence-electron chi connectivity index (χ1n) is 14.6. The van der Waals surface area contributed by atoms with Gasteiger partial charge in [-0.1, -0.05) is 39.0 Å². The fourth-order valence-electron chi connectivity index (χ4n) is 6.30. The molecule has 8 nitrogen and oxygen atoms in total. The number of amides is 1. The number of anilines is 1. The van der Waals surface area contributed by atoms with E-state index < -0.39 is 21.4 Å². The van der Waals surface area contributed by atoms with Gasteiger partial charge in [0.2, 0.25) is 5.91 Å². The van der Waals surface area contributed by atoms with E-state index in [0.29, 0.717) is 48.6 Å². The zero-order valence-electron chi connectivity index (χ0n) is 25.1. The Balaban J connectivity index is 1.42. The van der Waals surface area contributed by atoms with Gasteiger partial charge in [-0.05, 0) is 76.6 Å². The monoisotopic (exact) mass is 597 g/mol. The summed E-state index contributed by atoms with van der Waals surface area (Å²) in [7, 11) is -1.46. The number of aromatic nitrogens is 2. The maximum Gasteiger partial charge on any atom is 0.245 e. The maximum atomic E-state index is 14.1. The van der Waals surface area contributed by atoms with Gasteiger partial charge in [0.05, 0.1) is 26.4 Å². The van der Waals surface area contributed by atoms with E-state index in [9.17, 15) is 13.2 Å². The third-order valence-corrected chi connectivity index (χ3v) is 12.4. The fourth-order valence-corrected chi connectivity index (χ4v) is 9.31. The Labute approximate surface area is 248 Å². The summed E-state index contributed by atoms with van der Waals surface area (Å²) in [5, 5.41) is 3.43. The van der Waals surface area contributed by atoms with Gasteiger partial charge in [-0.15, -0.1) is 11.3 Å². The molecule has 3 heterocycles. The van der Waals surface area contributed by atoms with Gasteiger partial charge in [0.25, 0.3) is 0 Å². The second-order valence-electron chi connectivity index (χ2n) is 13.1. The molecule has 41 heavy (non-hydrogen) atoms. The Kier molecular flexibility index (Phi) is 8.22. The molecule has 5 rings (SSSR count). The van der Waals surface area contributed by atoms with Crippen LogP contribution in [0.4, 0.5) is 5.82 Å². The van der Waals surface area contributed by atoms with Crippen molar-refractivity contribution in [2.24, 2.45) is 0 Å². The Morgan fingerprint density at radius 2 is 1.80 bits per heavy atom. The van der Waals surface area contributed by atoms with E-state index in [1.165, 1.54) is 4.88 Å². The van der Waals surface area contributed by atoms with Crippen molar-refractivity contribution >= 4 is 43.1 Å². The fraction of sp³-hybridized carbons (Fsp3) is 0.581. The van der Waals surface area contributed by atoms with Crippen molar-refractivity contribution in [2.45, 2.75) is 101 Å². The highest BCUT2D eigenvalue weighted by molar-refractivity contribution is 7.91. The molecule has 1 saturated carbocycles. The molecule has 222 valence electrons. The first kappa shape index (κ1) is 29.9. The van der Waals surface area contributed by atoms with Crippen molar-refractivity contribution in [3.05, 3.63) is 47.6 Å². The van der Waals surface area contributed by atoms with Crippen LogP contribution in [-0.2, 0) is 20.0 Å². The number of nitrogens with zero attached hydrogens (tertiary/aromatic N) is 4. The van der Waals surface area contributed by atoms with Crippen molar-refractivity contribution in [1.82, 2.24) is 19.8 Å². The summed E-state index contributed by atoms with van der Waals surface area (Å²) in [4.78, 5) is 28.9. The minimum Gasteiger partial charge on any atom is -0.357 e. The molecule has 1 aliphatic carbocycles. The van der Waals surface area contributed by atoms with Crippen LogP contribution in [0.1, 0.15) is 71.6 Å². The van der Waals surface area contributed by atoms with E-state index in [-0.39, 0.29) is 17.1 Å². The van der Waals surface area contributed by atoms with Crippen LogP contribution in [0.3, 0.4) is 0 Å². The zero-order valence-corrected chi connectivity index (χ0v) is 26.7. The van der Waals surface area contributed by atoms with Crippen LogP contribution in [0, 0.1) is 0 Å². The number of thiophene rings is 1. The van der Waals surface area contributed by atoms with Gasteiger partial charge in [-0.25, -0.2) is 18.4 Å². The molecule has 10 heteroatoms. The lowest BCUT2D eigenvalue weighted by molar-refractivity contribution is -0.134. The van der Waals surface area contributed by atoms with E-state index in [2.05, 4.69) is 67.9 Å². The third kappa shape index (κ3) is 6.01. The number of hydrogen-bond donors (Lipinski definition) is 1. The molecular formula is C31H43N5O3S2. The Hall–Kier alpha value is -2.56. The Morgan fingerprint density at radius 1 is 1.12 bits per heavy atom. The quantitative estimate of drug-likeness (QED) is 0.367. The molecular weight excluding hydrogens is 555 g/mol. The van der Waals surface area contributed by atoms with Crippen LogP contribution < -0.4 is 5.32 Å². The average Bonchev–Trinajstić information content (AvgIpc) is 3.54. The molecule has 0 spiro atoms. The van der Waals surface area contributed by atoms with Crippen molar-refractivity contribution in [3.8, 4) is 0 Å². The number of benzene rings is 1. The standard InChI is InChI=1S/C31H43N5O3S2/c1-21(2)35(6)22-12-15-31(16-13-22,19-41(38,39)23-10-8-7-9-11-23)36-17-14-24(29(36)37)34-28-27-25(32-20-33-28)18-26(40-27)30(3,4)5/h7-11,18,20-22,24H,12-17,19H2,1-6H3,(H,32,33,34)/t22?,24-,31?/m0/s1. The number of fused-ring (bicyclic) bond motifs is 1. The second-order valence-corrected chi connectivity index (χ2v) is 16.1. The number of rotatable bonds is 8. The number of hydrogen-bond acceptors (Lipinski definition) is 8. The summed E-state index contributed by atoms with van der Waals surface area (Å²) >= 11 is 1.66. The number of carbonyl (C=O) groups is 1. The van der Waals surface area contributed by atoms with E-state index in [1.807, 2.05) is 11.0 Å². The van der Waals surface area contributed by atoms with Gasteiger partial charge in [0, 0.05) is 23.5 Å². The van der Waals surface area contributed by atoms with Gasteiger partial charge in [0.1, 0.15) is 18.2 Å². The van der Waals surface area contributed by atoms with Crippen LogP contribution >= 0.6 is 11.3 Å². The number of sulfone groups is 1. The summed E-state index contributed by atoms with van der Waals surface area (Å²) in [5.74, 6) is 0.574. The predicted molar refractivity (Wildman–Crippen MR) is 166 cm³/mol. The molecule has 0 radical (unpaired) electrons. The molecule has 1 aliphatic heterocycles. The lowest BCUT2D eigenvalue weighted by atomic mass is 9.78. The van der Waals surface area contributed by atoms with Crippen molar-refractivity contribution in [3.63, 3.8) is 0 Å². The first-order valence-corrected chi connectivity index (χ1v) is 17.1. The van der Waals surface area contributed by atoms with Gasteiger partial charge < -0.3 is 15.1 Å². The minimum absolute atomic E-state index is 0.0122.